The summed E-state index contributed by atoms with van der Waals surface area (Å²) in [4.78, 5) is 26.5. The van der Waals surface area contributed by atoms with Crippen molar-refractivity contribution in [2.24, 2.45) is 5.92 Å². The van der Waals surface area contributed by atoms with Crippen LogP contribution in [0.15, 0.2) is 24.3 Å². The topological polar surface area (TPSA) is 113 Å². The molecule has 2 amide bonds. The van der Waals surface area contributed by atoms with Crippen molar-refractivity contribution in [3.05, 3.63) is 29.3 Å². The first-order valence-electron chi connectivity index (χ1n) is 8.01. The lowest BCUT2D eigenvalue weighted by atomic mass is 10.1. The molecule has 1 atom stereocenters. The molecule has 1 aliphatic heterocycles. The molecule has 2 N–H and O–H groups in total. The molecule has 1 saturated heterocycles. The molecule has 1 aromatic carbocycles. The maximum Gasteiger partial charge on any atom is 0.231 e. The molecular weight excluding hydrogens is 356 g/mol. The Balaban J connectivity index is 1.47. The van der Waals surface area contributed by atoms with Crippen LogP contribution in [0, 0.1) is 5.92 Å². The van der Waals surface area contributed by atoms with Crippen molar-refractivity contribution in [3.63, 3.8) is 0 Å². The predicted molar refractivity (Wildman–Crippen MR) is 95.8 cm³/mol. The molecule has 0 unspecified atom stereocenters. The smallest absolute Gasteiger partial charge is 0.231 e. The van der Waals surface area contributed by atoms with E-state index in [0.717, 1.165) is 10.9 Å². The Kier molecular flexibility index (Phi) is 4.35. The van der Waals surface area contributed by atoms with Gasteiger partial charge >= 0.3 is 0 Å². The Hall–Kier alpha value is -2.85. The summed E-state index contributed by atoms with van der Waals surface area (Å²) in [6.07, 6.45) is 0.136. The van der Waals surface area contributed by atoms with E-state index in [1.807, 2.05) is 24.3 Å². The third-order valence-corrected chi connectivity index (χ3v) is 4.98. The number of amides is 2. The SMILES string of the molecule is COCc1nnc(NC(=O)[C@H]2CC(=O)N(c3n[nH]c4ccccc34)C2)s1. The molecule has 3 aromatic rings. The summed E-state index contributed by atoms with van der Waals surface area (Å²) in [5, 5.41) is 19.7. The number of fused-ring (bicyclic) bond motifs is 1. The molecule has 1 fully saturated rings. The Morgan fingerprint density at radius 3 is 3.12 bits per heavy atom. The van der Waals surface area contributed by atoms with Gasteiger partial charge in [0, 0.05) is 25.5 Å². The second-order valence-corrected chi connectivity index (χ2v) is 6.98. The van der Waals surface area contributed by atoms with Crippen LogP contribution in [0.3, 0.4) is 0 Å². The minimum atomic E-state index is -0.465. The number of nitrogens with zero attached hydrogens (tertiary/aromatic N) is 4. The first kappa shape index (κ1) is 16.6. The van der Waals surface area contributed by atoms with E-state index in [-0.39, 0.29) is 24.8 Å². The van der Waals surface area contributed by atoms with Gasteiger partial charge in [-0.25, -0.2) is 0 Å². The van der Waals surface area contributed by atoms with Gasteiger partial charge in [0.05, 0.1) is 11.4 Å². The number of aromatic nitrogens is 4. The zero-order valence-electron chi connectivity index (χ0n) is 13.9. The molecule has 26 heavy (non-hydrogen) atoms. The van der Waals surface area contributed by atoms with Gasteiger partial charge in [-0.05, 0) is 12.1 Å². The van der Waals surface area contributed by atoms with E-state index in [9.17, 15) is 9.59 Å². The van der Waals surface area contributed by atoms with Crippen molar-refractivity contribution in [1.29, 1.82) is 0 Å². The van der Waals surface area contributed by atoms with Crippen molar-refractivity contribution in [2.75, 3.05) is 23.9 Å². The number of rotatable bonds is 5. The number of H-pyrrole nitrogens is 1. The molecule has 0 aliphatic carbocycles. The lowest BCUT2D eigenvalue weighted by Gasteiger charge is -2.13. The average Bonchev–Trinajstić information content (AvgIpc) is 3.34. The average molecular weight is 372 g/mol. The number of ether oxygens (including phenoxy) is 1. The number of hydrogen-bond donors (Lipinski definition) is 2. The van der Waals surface area contributed by atoms with Crippen LogP contribution in [-0.4, -0.2) is 45.9 Å². The highest BCUT2D eigenvalue weighted by Gasteiger charge is 2.37. The van der Waals surface area contributed by atoms with E-state index in [4.69, 9.17) is 4.74 Å². The number of carbonyl (C=O) groups is 2. The van der Waals surface area contributed by atoms with Gasteiger partial charge in [0.1, 0.15) is 11.6 Å². The molecule has 9 nitrogen and oxygen atoms in total. The number of hydrogen-bond acceptors (Lipinski definition) is 7. The lowest BCUT2D eigenvalue weighted by Crippen LogP contribution is -2.28. The number of benzene rings is 1. The van der Waals surface area contributed by atoms with Gasteiger partial charge in [-0.1, -0.05) is 23.5 Å². The maximum absolute atomic E-state index is 12.5. The van der Waals surface area contributed by atoms with Crippen LogP contribution in [0.25, 0.3) is 10.9 Å². The van der Waals surface area contributed by atoms with Crippen molar-refractivity contribution in [1.82, 2.24) is 20.4 Å². The largest absolute Gasteiger partial charge is 0.377 e. The van der Waals surface area contributed by atoms with Gasteiger partial charge in [-0.3, -0.25) is 19.6 Å². The first-order chi connectivity index (χ1) is 12.7. The minimum absolute atomic E-state index is 0.125. The summed E-state index contributed by atoms with van der Waals surface area (Å²) in [6, 6.07) is 7.57. The zero-order chi connectivity index (χ0) is 18.1. The molecule has 10 heteroatoms. The van der Waals surface area contributed by atoms with Crippen LogP contribution in [0.5, 0.6) is 0 Å². The quantitative estimate of drug-likeness (QED) is 0.703. The van der Waals surface area contributed by atoms with E-state index in [1.54, 1.807) is 12.0 Å². The Labute approximate surface area is 152 Å². The lowest BCUT2D eigenvalue weighted by molar-refractivity contribution is -0.122. The molecular formula is C16H16N6O3S. The van der Waals surface area contributed by atoms with Gasteiger partial charge in [-0.2, -0.15) is 5.10 Å². The number of carbonyl (C=O) groups excluding carboxylic acids is 2. The van der Waals surface area contributed by atoms with Crippen molar-refractivity contribution in [3.8, 4) is 0 Å². The molecule has 0 radical (unpaired) electrons. The second-order valence-electron chi connectivity index (χ2n) is 5.92. The van der Waals surface area contributed by atoms with Crippen LogP contribution in [0.1, 0.15) is 11.4 Å². The fourth-order valence-corrected chi connectivity index (χ4v) is 3.65. The molecule has 1 aliphatic rings. The Bertz CT molecular complexity index is 968. The van der Waals surface area contributed by atoms with Crippen LogP contribution >= 0.6 is 11.3 Å². The third kappa shape index (κ3) is 3.04. The summed E-state index contributed by atoms with van der Waals surface area (Å²) < 4.78 is 4.98. The number of anilines is 2. The van der Waals surface area contributed by atoms with Gasteiger partial charge in [-0.15, -0.1) is 10.2 Å². The number of nitrogens with one attached hydrogen (secondary N) is 2. The van der Waals surface area contributed by atoms with Crippen LogP contribution in [-0.2, 0) is 20.9 Å². The van der Waals surface area contributed by atoms with Crippen LogP contribution in [0.4, 0.5) is 10.9 Å². The molecule has 4 rings (SSSR count). The monoisotopic (exact) mass is 372 g/mol. The fraction of sp³-hybridized carbons (Fsp3) is 0.312. The number of methoxy groups -OCH3 is 1. The standard InChI is InChI=1S/C16H16N6O3S/c1-25-8-12-19-21-16(26-12)17-15(24)9-6-13(23)22(7-9)14-10-4-2-3-5-11(10)18-20-14/h2-5,9H,6-8H2,1H3,(H,18,20)(H,17,21,24)/t9-/m0/s1. The molecule has 3 heterocycles. The van der Waals surface area contributed by atoms with Gasteiger partial charge in [0.25, 0.3) is 0 Å². The highest BCUT2D eigenvalue weighted by Crippen LogP contribution is 2.30. The van der Waals surface area contributed by atoms with Gasteiger partial charge < -0.3 is 10.1 Å². The highest BCUT2D eigenvalue weighted by molar-refractivity contribution is 7.15. The van der Waals surface area contributed by atoms with Crippen molar-refractivity contribution in [2.45, 2.75) is 13.0 Å². The van der Waals surface area contributed by atoms with E-state index >= 15 is 0 Å². The highest BCUT2D eigenvalue weighted by atomic mass is 32.1. The summed E-state index contributed by atoms with van der Waals surface area (Å²) in [6.45, 7) is 0.624. The third-order valence-electron chi connectivity index (χ3n) is 4.17. The minimum Gasteiger partial charge on any atom is -0.377 e. The van der Waals surface area contributed by atoms with Gasteiger partial charge in [0.15, 0.2) is 5.82 Å². The molecule has 134 valence electrons. The van der Waals surface area contributed by atoms with E-state index in [2.05, 4.69) is 25.7 Å². The van der Waals surface area contributed by atoms with E-state index < -0.39 is 5.92 Å². The van der Waals surface area contributed by atoms with Crippen LogP contribution < -0.4 is 10.2 Å². The summed E-state index contributed by atoms with van der Waals surface area (Å²) in [5.41, 5.74) is 0.850. The number of para-hydroxylation sites is 1. The molecule has 2 aromatic heterocycles. The Morgan fingerprint density at radius 1 is 1.42 bits per heavy atom. The molecule has 0 spiro atoms. The second kappa shape index (κ2) is 6.81. The summed E-state index contributed by atoms with van der Waals surface area (Å²) >= 11 is 1.25. The summed E-state index contributed by atoms with van der Waals surface area (Å²) in [7, 11) is 1.57. The zero-order valence-corrected chi connectivity index (χ0v) is 14.7. The van der Waals surface area contributed by atoms with E-state index in [0.29, 0.717) is 22.6 Å². The maximum atomic E-state index is 12.5. The molecule has 0 bridgehead atoms. The van der Waals surface area contributed by atoms with Crippen molar-refractivity contribution >= 4 is 45.0 Å². The number of aromatic amines is 1. The summed E-state index contributed by atoms with van der Waals surface area (Å²) in [5.74, 6) is -0.285. The van der Waals surface area contributed by atoms with Crippen LogP contribution in [0.2, 0.25) is 0 Å². The fourth-order valence-electron chi connectivity index (χ4n) is 2.94. The van der Waals surface area contributed by atoms with Gasteiger partial charge in [0.2, 0.25) is 16.9 Å². The predicted octanol–water partition coefficient (Wildman–Crippen LogP) is 1.55. The Morgan fingerprint density at radius 2 is 2.27 bits per heavy atom. The van der Waals surface area contributed by atoms with Crippen molar-refractivity contribution < 1.29 is 14.3 Å². The first-order valence-corrected chi connectivity index (χ1v) is 8.83. The molecule has 0 saturated carbocycles. The normalized spacial score (nSPS) is 17.2. The van der Waals surface area contributed by atoms with E-state index in [1.165, 1.54) is 11.3 Å².